The first-order chi connectivity index (χ1) is 12.2. The Morgan fingerprint density at radius 1 is 1.08 bits per heavy atom. The second-order valence-corrected chi connectivity index (χ2v) is 8.06. The molecule has 0 bridgehead atoms. The minimum Gasteiger partial charge on any atom is -0.454 e. The van der Waals surface area contributed by atoms with Crippen molar-refractivity contribution in [3.8, 4) is 0 Å². The summed E-state index contributed by atoms with van der Waals surface area (Å²) in [4.78, 5) is 24.2. The van der Waals surface area contributed by atoms with E-state index in [4.69, 9.17) is 4.74 Å². The van der Waals surface area contributed by atoms with Crippen LogP contribution in [0.3, 0.4) is 0 Å². The molecule has 8 heteroatoms. The standard InChI is InChI=1S/C18H28N2O5S/c1-5-14(6-2)19-16(21)12-25-18(22)17(13(3)4)20-26(23,24)15-10-8-7-9-11-15/h7-11,13-14,17,20H,5-6,12H2,1-4H3,(H,19,21). The molecule has 0 heterocycles. The highest BCUT2D eigenvalue weighted by Gasteiger charge is 2.30. The molecule has 0 saturated carbocycles. The van der Waals surface area contributed by atoms with Crippen molar-refractivity contribution < 1.29 is 22.7 Å². The number of nitrogens with one attached hydrogen (secondary N) is 2. The van der Waals surface area contributed by atoms with Gasteiger partial charge in [0.25, 0.3) is 5.91 Å². The van der Waals surface area contributed by atoms with Crippen LogP contribution in [0.2, 0.25) is 0 Å². The van der Waals surface area contributed by atoms with Crippen LogP contribution in [0.5, 0.6) is 0 Å². The van der Waals surface area contributed by atoms with Gasteiger partial charge < -0.3 is 10.1 Å². The molecule has 1 aromatic carbocycles. The van der Waals surface area contributed by atoms with Crippen LogP contribution in [0.4, 0.5) is 0 Å². The van der Waals surface area contributed by atoms with Gasteiger partial charge >= 0.3 is 5.97 Å². The van der Waals surface area contributed by atoms with Gasteiger partial charge in [0.05, 0.1) is 4.90 Å². The Bertz CT molecular complexity index is 685. The number of hydrogen-bond acceptors (Lipinski definition) is 5. The van der Waals surface area contributed by atoms with E-state index in [1.807, 2.05) is 13.8 Å². The molecule has 26 heavy (non-hydrogen) atoms. The highest BCUT2D eigenvalue weighted by Crippen LogP contribution is 2.12. The summed E-state index contributed by atoms with van der Waals surface area (Å²) < 4.78 is 32.2. The fourth-order valence-electron chi connectivity index (χ4n) is 2.28. The molecule has 1 amide bonds. The van der Waals surface area contributed by atoms with Crippen molar-refractivity contribution in [2.24, 2.45) is 5.92 Å². The minimum absolute atomic E-state index is 0.0266. The van der Waals surface area contributed by atoms with Crippen molar-refractivity contribution in [2.75, 3.05) is 6.61 Å². The third-order valence-electron chi connectivity index (χ3n) is 3.95. The number of carbonyl (C=O) groups excluding carboxylic acids is 2. The van der Waals surface area contributed by atoms with Crippen molar-refractivity contribution in [3.05, 3.63) is 30.3 Å². The van der Waals surface area contributed by atoms with E-state index in [9.17, 15) is 18.0 Å². The lowest BCUT2D eigenvalue weighted by molar-refractivity contribution is -0.151. The first-order valence-corrected chi connectivity index (χ1v) is 10.2. The van der Waals surface area contributed by atoms with E-state index in [0.717, 1.165) is 12.8 Å². The highest BCUT2D eigenvalue weighted by molar-refractivity contribution is 7.89. The third kappa shape index (κ3) is 6.76. The summed E-state index contributed by atoms with van der Waals surface area (Å²) in [5.74, 6) is -1.53. The summed E-state index contributed by atoms with van der Waals surface area (Å²) in [7, 11) is -3.87. The maximum Gasteiger partial charge on any atom is 0.324 e. The smallest absolute Gasteiger partial charge is 0.324 e. The van der Waals surface area contributed by atoms with Crippen LogP contribution in [0.25, 0.3) is 0 Å². The quantitative estimate of drug-likeness (QED) is 0.599. The van der Waals surface area contributed by atoms with Crippen LogP contribution in [0, 0.1) is 5.92 Å². The zero-order valence-electron chi connectivity index (χ0n) is 15.7. The minimum atomic E-state index is -3.87. The number of benzene rings is 1. The average Bonchev–Trinajstić information content (AvgIpc) is 2.62. The van der Waals surface area contributed by atoms with E-state index in [1.165, 1.54) is 12.1 Å². The van der Waals surface area contributed by atoms with Crippen molar-refractivity contribution >= 4 is 21.9 Å². The molecule has 0 saturated heterocycles. The third-order valence-corrected chi connectivity index (χ3v) is 5.41. The molecule has 0 aromatic heterocycles. The van der Waals surface area contributed by atoms with Crippen LogP contribution in [0.1, 0.15) is 40.5 Å². The fraction of sp³-hybridized carbons (Fsp3) is 0.556. The normalized spacial score (nSPS) is 12.8. The summed E-state index contributed by atoms with van der Waals surface area (Å²) in [5.41, 5.74) is 0. The lowest BCUT2D eigenvalue weighted by Gasteiger charge is -2.21. The first-order valence-electron chi connectivity index (χ1n) is 8.74. The number of rotatable bonds is 10. The summed E-state index contributed by atoms with van der Waals surface area (Å²) in [6.07, 6.45) is 1.56. The molecule has 0 aliphatic heterocycles. The van der Waals surface area contributed by atoms with Gasteiger partial charge in [-0.2, -0.15) is 4.72 Å². The molecular weight excluding hydrogens is 356 g/mol. The van der Waals surface area contributed by atoms with Crippen LogP contribution >= 0.6 is 0 Å². The zero-order valence-corrected chi connectivity index (χ0v) is 16.5. The molecular formula is C18H28N2O5S. The van der Waals surface area contributed by atoms with Gasteiger partial charge in [0, 0.05) is 6.04 Å². The Morgan fingerprint density at radius 3 is 2.15 bits per heavy atom. The molecule has 7 nitrogen and oxygen atoms in total. The molecule has 0 aliphatic rings. The monoisotopic (exact) mass is 384 g/mol. The molecule has 146 valence electrons. The van der Waals surface area contributed by atoms with Crippen molar-refractivity contribution in [1.29, 1.82) is 0 Å². The van der Waals surface area contributed by atoms with E-state index in [-0.39, 0.29) is 16.9 Å². The zero-order chi connectivity index (χ0) is 19.7. The SMILES string of the molecule is CCC(CC)NC(=O)COC(=O)C(NS(=O)(=O)c1ccccc1)C(C)C. The molecule has 0 radical (unpaired) electrons. The van der Waals surface area contributed by atoms with Gasteiger partial charge in [0.15, 0.2) is 6.61 Å². The Morgan fingerprint density at radius 2 is 1.65 bits per heavy atom. The molecule has 1 rings (SSSR count). The molecule has 0 fully saturated rings. The predicted octanol–water partition coefficient (Wildman–Crippen LogP) is 1.84. The van der Waals surface area contributed by atoms with Crippen molar-refractivity contribution in [2.45, 2.75) is 57.5 Å². The second kappa shape index (κ2) is 10.3. The van der Waals surface area contributed by atoms with Crippen LogP contribution in [-0.4, -0.2) is 39.0 Å². The van der Waals surface area contributed by atoms with Gasteiger partial charge in [-0.05, 0) is 30.9 Å². The maximum absolute atomic E-state index is 12.4. The van der Waals surface area contributed by atoms with E-state index < -0.39 is 34.5 Å². The van der Waals surface area contributed by atoms with Gasteiger partial charge in [-0.15, -0.1) is 0 Å². The van der Waals surface area contributed by atoms with Gasteiger partial charge in [-0.3, -0.25) is 9.59 Å². The van der Waals surface area contributed by atoms with E-state index in [1.54, 1.807) is 32.0 Å². The number of esters is 1. The number of carbonyl (C=O) groups is 2. The van der Waals surface area contributed by atoms with Gasteiger partial charge in [0.2, 0.25) is 10.0 Å². The average molecular weight is 384 g/mol. The van der Waals surface area contributed by atoms with Crippen molar-refractivity contribution in [1.82, 2.24) is 10.0 Å². The van der Waals surface area contributed by atoms with Crippen LogP contribution < -0.4 is 10.0 Å². The number of sulfonamides is 1. The summed E-state index contributed by atoms with van der Waals surface area (Å²) in [6, 6.07) is 6.72. The Balaban J connectivity index is 2.72. The Hall–Kier alpha value is -1.93. The van der Waals surface area contributed by atoms with Crippen molar-refractivity contribution in [3.63, 3.8) is 0 Å². The topological polar surface area (TPSA) is 102 Å². The maximum atomic E-state index is 12.4. The van der Waals surface area contributed by atoms with Crippen LogP contribution in [-0.2, 0) is 24.3 Å². The molecule has 0 spiro atoms. The van der Waals surface area contributed by atoms with Gasteiger partial charge in [-0.1, -0.05) is 45.9 Å². The number of hydrogen-bond donors (Lipinski definition) is 2. The van der Waals surface area contributed by atoms with E-state index >= 15 is 0 Å². The van der Waals surface area contributed by atoms with E-state index in [2.05, 4.69) is 10.0 Å². The number of amides is 1. The molecule has 1 unspecified atom stereocenters. The summed E-state index contributed by atoms with van der Waals surface area (Å²) in [5, 5.41) is 2.76. The second-order valence-electron chi connectivity index (χ2n) is 6.34. The van der Waals surface area contributed by atoms with Gasteiger partial charge in [-0.25, -0.2) is 8.42 Å². The molecule has 0 aliphatic carbocycles. The first kappa shape index (κ1) is 22.1. The predicted molar refractivity (Wildman–Crippen MR) is 98.9 cm³/mol. The molecule has 2 N–H and O–H groups in total. The highest BCUT2D eigenvalue weighted by atomic mass is 32.2. The Kier molecular flexibility index (Phi) is 8.74. The summed E-state index contributed by atoms with van der Waals surface area (Å²) in [6.45, 7) is 6.86. The number of ether oxygens (including phenoxy) is 1. The largest absolute Gasteiger partial charge is 0.454 e. The van der Waals surface area contributed by atoms with Crippen LogP contribution in [0.15, 0.2) is 35.2 Å². The lowest BCUT2D eigenvalue weighted by atomic mass is 10.1. The molecule has 1 aromatic rings. The fourth-order valence-corrected chi connectivity index (χ4v) is 3.63. The van der Waals surface area contributed by atoms with Gasteiger partial charge in [0.1, 0.15) is 6.04 Å². The Labute approximate surface area is 155 Å². The lowest BCUT2D eigenvalue weighted by Crippen LogP contribution is -2.46. The summed E-state index contributed by atoms with van der Waals surface area (Å²) >= 11 is 0. The van der Waals surface area contributed by atoms with E-state index in [0.29, 0.717) is 0 Å². The molecule has 1 atom stereocenters.